The third-order valence-electron chi connectivity index (χ3n) is 6.57. The van der Waals surface area contributed by atoms with Crippen molar-refractivity contribution in [2.24, 2.45) is 5.92 Å². The summed E-state index contributed by atoms with van der Waals surface area (Å²) in [5, 5.41) is 6.74. The van der Waals surface area contributed by atoms with Gasteiger partial charge in [0.2, 0.25) is 17.7 Å². The van der Waals surface area contributed by atoms with E-state index in [0.717, 1.165) is 39.3 Å². The number of nitrogens with zero attached hydrogens (tertiary/aromatic N) is 2. The molecule has 2 amide bonds. The Morgan fingerprint density at radius 3 is 2.36 bits per heavy atom. The Labute approximate surface area is 218 Å². The van der Waals surface area contributed by atoms with Crippen molar-refractivity contribution < 1.29 is 14.1 Å². The first-order valence-corrected chi connectivity index (χ1v) is 13.2. The normalized spacial score (nSPS) is 12.6. The van der Waals surface area contributed by atoms with E-state index in [0.29, 0.717) is 18.8 Å². The Kier molecular flexibility index (Phi) is 9.58. The van der Waals surface area contributed by atoms with E-state index in [1.807, 2.05) is 58.9 Å². The summed E-state index contributed by atoms with van der Waals surface area (Å²) in [6, 6.07) is 15.8. The molecule has 0 aliphatic rings. The maximum Gasteiger partial charge on any atom is 0.242 e. The fourth-order valence-electron chi connectivity index (χ4n) is 4.02. The zero-order chi connectivity index (χ0) is 26.2. The van der Waals surface area contributed by atoms with Crippen LogP contribution in [0.3, 0.4) is 0 Å². The number of carbonyl (C=O) groups is 2. The molecule has 2 aromatic carbocycles. The third-order valence-corrected chi connectivity index (χ3v) is 7.44. The number of amides is 2. The van der Waals surface area contributed by atoms with E-state index in [4.69, 9.17) is 4.52 Å². The van der Waals surface area contributed by atoms with Crippen LogP contribution < -0.4 is 10.0 Å². The summed E-state index contributed by atoms with van der Waals surface area (Å²) in [5.74, 6) is 0.542. The molecule has 0 spiro atoms. The number of hydrogen-bond donors (Lipinski definition) is 2. The van der Waals surface area contributed by atoms with Crippen LogP contribution in [0.4, 0.5) is 5.88 Å². The first kappa shape index (κ1) is 27.3. The predicted octanol–water partition coefficient (Wildman–Crippen LogP) is 5.98. The molecule has 0 saturated carbocycles. The highest BCUT2D eigenvalue weighted by Crippen LogP contribution is 2.33. The summed E-state index contributed by atoms with van der Waals surface area (Å²) in [5.41, 5.74) is 4.98. The molecule has 7 nitrogen and oxygen atoms in total. The van der Waals surface area contributed by atoms with Gasteiger partial charge in [-0.3, -0.25) is 14.3 Å². The minimum absolute atomic E-state index is 0.0289. The lowest BCUT2D eigenvalue weighted by atomic mass is 9.95. The molecule has 36 heavy (non-hydrogen) atoms. The van der Waals surface area contributed by atoms with Crippen LogP contribution in [0.2, 0.25) is 0 Å². The molecule has 0 aliphatic heterocycles. The summed E-state index contributed by atoms with van der Waals surface area (Å²) in [6.45, 7) is 10.2. The van der Waals surface area contributed by atoms with Crippen molar-refractivity contribution in [3.05, 3.63) is 65.4 Å². The van der Waals surface area contributed by atoms with Crippen LogP contribution in [-0.2, 0) is 16.1 Å². The highest BCUT2D eigenvalue weighted by molar-refractivity contribution is 8.00. The first-order valence-electron chi connectivity index (χ1n) is 12.4. The van der Waals surface area contributed by atoms with Crippen LogP contribution in [0, 0.1) is 19.8 Å². The third kappa shape index (κ3) is 6.29. The molecular weight excluding hydrogens is 472 g/mol. The van der Waals surface area contributed by atoms with Crippen molar-refractivity contribution in [1.82, 2.24) is 15.4 Å². The van der Waals surface area contributed by atoms with Crippen LogP contribution in [0.25, 0.3) is 11.1 Å². The second-order valence-corrected chi connectivity index (χ2v) is 9.79. The number of aryl methyl sites for hydroxylation is 1. The number of benzene rings is 2. The lowest BCUT2D eigenvalue weighted by Crippen LogP contribution is -2.51. The maximum atomic E-state index is 12.9. The Morgan fingerprint density at radius 1 is 1.08 bits per heavy atom. The summed E-state index contributed by atoms with van der Waals surface area (Å²) in [7, 11) is 1.62. The van der Waals surface area contributed by atoms with E-state index >= 15 is 0 Å². The van der Waals surface area contributed by atoms with Gasteiger partial charge >= 0.3 is 0 Å². The number of rotatable bonds is 11. The van der Waals surface area contributed by atoms with E-state index < -0.39 is 6.04 Å². The van der Waals surface area contributed by atoms with Crippen molar-refractivity contribution >= 4 is 29.6 Å². The van der Waals surface area contributed by atoms with Gasteiger partial charge in [-0.2, -0.15) is 0 Å². The van der Waals surface area contributed by atoms with Crippen LogP contribution in [0.1, 0.15) is 50.4 Å². The molecule has 2 atom stereocenters. The molecule has 8 heteroatoms. The second kappa shape index (κ2) is 12.6. The van der Waals surface area contributed by atoms with Gasteiger partial charge in [0.15, 0.2) is 0 Å². The standard InChI is InChI=1S/C28H36N4O3S/c1-7-18(3)26(27(34)29-6)32(25(33)8-2)17-21-13-15-22(16-14-21)23-11-9-10-12-24(23)36-31-28-19(4)20(5)30-35-28/h9-16,18,26,31H,7-8,17H2,1-6H3,(H,29,34)/t18-,26-/m0/s1. The van der Waals surface area contributed by atoms with Crippen LogP contribution >= 0.6 is 11.9 Å². The summed E-state index contributed by atoms with van der Waals surface area (Å²) >= 11 is 1.48. The highest BCUT2D eigenvalue weighted by atomic mass is 32.2. The van der Waals surface area contributed by atoms with Crippen molar-refractivity contribution in [1.29, 1.82) is 0 Å². The quantitative estimate of drug-likeness (QED) is 0.310. The molecule has 1 aromatic heterocycles. The van der Waals surface area contributed by atoms with Gasteiger partial charge in [0.1, 0.15) is 6.04 Å². The smallest absolute Gasteiger partial charge is 0.242 e. The molecule has 0 unspecified atom stereocenters. The van der Waals surface area contributed by atoms with Gasteiger partial charge in [0, 0.05) is 30.5 Å². The number of carbonyl (C=O) groups excluding carboxylic acids is 2. The molecule has 0 fully saturated rings. The summed E-state index contributed by atoms with van der Waals surface area (Å²) < 4.78 is 8.64. The molecule has 1 heterocycles. The van der Waals surface area contributed by atoms with Crippen molar-refractivity contribution in [3.63, 3.8) is 0 Å². The number of hydrogen-bond acceptors (Lipinski definition) is 6. The zero-order valence-corrected chi connectivity index (χ0v) is 22.7. The van der Waals surface area contributed by atoms with Gasteiger partial charge in [0.25, 0.3) is 0 Å². The van der Waals surface area contributed by atoms with Crippen molar-refractivity contribution in [3.8, 4) is 11.1 Å². The molecule has 3 aromatic rings. The van der Waals surface area contributed by atoms with E-state index in [1.165, 1.54) is 11.9 Å². The van der Waals surface area contributed by atoms with Crippen LogP contribution in [-0.4, -0.2) is 35.0 Å². The minimum Gasteiger partial charge on any atom is -0.357 e. The lowest BCUT2D eigenvalue weighted by molar-refractivity contribution is -0.142. The Morgan fingerprint density at radius 2 is 1.78 bits per heavy atom. The van der Waals surface area contributed by atoms with Crippen molar-refractivity contribution in [2.75, 3.05) is 11.8 Å². The van der Waals surface area contributed by atoms with Crippen LogP contribution in [0.15, 0.2) is 57.9 Å². The number of nitrogens with one attached hydrogen (secondary N) is 2. The molecule has 3 rings (SSSR count). The highest BCUT2D eigenvalue weighted by Gasteiger charge is 2.32. The van der Waals surface area contributed by atoms with E-state index in [-0.39, 0.29) is 17.7 Å². The van der Waals surface area contributed by atoms with E-state index in [9.17, 15) is 9.59 Å². The fraction of sp³-hybridized carbons (Fsp3) is 0.393. The Bertz CT molecular complexity index is 1180. The number of aromatic nitrogens is 1. The van der Waals surface area contributed by atoms with Gasteiger partial charge in [-0.1, -0.05) is 74.8 Å². The fourth-order valence-corrected chi connectivity index (χ4v) is 4.85. The molecule has 0 aliphatic carbocycles. The zero-order valence-electron chi connectivity index (χ0n) is 21.9. The lowest BCUT2D eigenvalue weighted by Gasteiger charge is -2.34. The largest absolute Gasteiger partial charge is 0.357 e. The van der Waals surface area contributed by atoms with E-state index in [2.05, 4.69) is 39.5 Å². The summed E-state index contributed by atoms with van der Waals surface area (Å²) in [4.78, 5) is 28.3. The predicted molar refractivity (Wildman–Crippen MR) is 145 cm³/mol. The minimum atomic E-state index is -0.501. The van der Waals surface area contributed by atoms with Gasteiger partial charge in [0.05, 0.1) is 5.69 Å². The van der Waals surface area contributed by atoms with Gasteiger partial charge in [-0.25, -0.2) is 0 Å². The summed E-state index contributed by atoms with van der Waals surface area (Å²) in [6.07, 6.45) is 1.16. The number of anilines is 1. The van der Waals surface area contributed by atoms with Gasteiger partial charge in [-0.15, -0.1) is 0 Å². The first-order chi connectivity index (χ1) is 17.3. The van der Waals surface area contributed by atoms with Crippen LogP contribution in [0.5, 0.6) is 0 Å². The SMILES string of the molecule is CCC(=O)N(Cc1ccc(-c2ccccc2SNc2onc(C)c2C)cc1)[C@H](C(=O)NC)[C@@H](C)CC. The van der Waals surface area contributed by atoms with Crippen molar-refractivity contribution in [2.45, 2.75) is 64.9 Å². The molecular formula is C28H36N4O3S. The monoisotopic (exact) mass is 508 g/mol. The second-order valence-electron chi connectivity index (χ2n) is 8.94. The topological polar surface area (TPSA) is 87.5 Å². The average molecular weight is 509 g/mol. The molecule has 2 N–H and O–H groups in total. The molecule has 0 saturated heterocycles. The van der Waals surface area contributed by atoms with E-state index in [1.54, 1.807) is 11.9 Å². The molecule has 0 bridgehead atoms. The molecule has 192 valence electrons. The Balaban J connectivity index is 1.82. The maximum absolute atomic E-state index is 12.9. The average Bonchev–Trinajstić information content (AvgIpc) is 3.23. The Hall–Kier alpha value is -3.26. The van der Waals surface area contributed by atoms with Gasteiger partial charge in [-0.05, 0) is 54.5 Å². The van der Waals surface area contributed by atoms with Gasteiger partial charge < -0.3 is 14.7 Å². The molecule has 0 radical (unpaired) electrons. The number of likely N-dealkylation sites (N-methyl/N-ethyl adjacent to an activating group) is 1.